The smallest absolute Gasteiger partial charge is 0.267 e. The van der Waals surface area contributed by atoms with Gasteiger partial charge in [-0.1, -0.05) is 54.6 Å². The Kier molecular flexibility index (Phi) is 3.69. The molecule has 3 aromatic carbocycles. The Labute approximate surface area is 141 Å². The van der Waals surface area contributed by atoms with E-state index in [1.165, 1.54) is 5.56 Å². The van der Waals surface area contributed by atoms with Crippen LogP contribution in [0.1, 0.15) is 12.5 Å². The summed E-state index contributed by atoms with van der Waals surface area (Å²) < 4.78 is 6.03. The second-order valence-corrected chi connectivity index (χ2v) is 6.11. The van der Waals surface area contributed by atoms with E-state index in [9.17, 15) is 4.79 Å². The molecule has 0 radical (unpaired) electrons. The van der Waals surface area contributed by atoms with Crippen molar-refractivity contribution < 1.29 is 9.53 Å². The van der Waals surface area contributed by atoms with Crippen LogP contribution in [-0.2, 0) is 11.2 Å². The van der Waals surface area contributed by atoms with E-state index < -0.39 is 6.10 Å². The predicted octanol–water partition coefficient (Wildman–Crippen LogP) is 4.20. The number of para-hydroxylation sites is 1. The van der Waals surface area contributed by atoms with E-state index in [2.05, 4.69) is 6.07 Å². The fourth-order valence-corrected chi connectivity index (χ4v) is 3.33. The van der Waals surface area contributed by atoms with Gasteiger partial charge < -0.3 is 9.64 Å². The summed E-state index contributed by atoms with van der Waals surface area (Å²) in [6, 6.07) is 22.1. The molecule has 3 aromatic rings. The molecule has 3 nitrogen and oxygen atoms in total. The molecular formula is C21H19NO2. The molecule has 1 heterocycles. The van der Waals surface area contributed by atoms with Gasteiger partial charge in [0.1, 0.15) is 5.75 Å². The van der Waals surface area contributed by atoms with E-state index in [4.69, 9.17) is 4.74 Å². The molecule has 24 heavy (non-hydrogen) atoms. The number of amides is 1. The van der Waals surface area contributed by atoms with Gasteiger partial charge in [0.25, 0.3) is 5.91 Å². The molecule has 0 aromatic heterocycles. The van der Waals surface area contributed by atoms with Crippen LogP contribution in [0.25, 0.3) is 10.8 Å². The van der Waals surface area contributed by atoms with E-state index in [-0.39, 0.29) is 5.91 Å². The first-order valence-electron chi connectivity index (χ1n) is 8.28. The van der Waals surface area contributed by atoms with Gasteiger partial charge in [0.05, 0.1) is 0 Å². The normalized spacial score (nSPS) is 14.5. The van der Waals surface area contributed by atoms with Crippen LogP contribution in [0.5, 0.6) is 5.75 Å². The van der Waals surface area contributed by atoms with Gasteiger partial charge in [-0.3, -0.25) is 4.79 Å². The molecule has 0 saturated heterocycles. The summed E-state index contributed by atoms with van der Waals surface area (Å²) in [7, 11) is 0. The summed E-state index contributed by atoms with van der Waals surface area (Å²) >= 11 is 0. The number of fused-ring (bicyclic) bond motifs is 2. The summed E-state index contributed by atoms with van der Waals surface area (Å²) in [6.45, 7) is 2.55. The molecule has 1 aliphatic rings. The number of anilines is 1. The Morgan fingerprint density at radius 3 is 2.67 bits per heavy atom. The van der Waals surface area contributed by atoms with E-state index in [0.717, 1.165) is 35.2 Å². The van der Waals surface area contributed by atoms with Crippen molar-refractivity contribution in [3.05, 3.63) is 72.3 Å². The fraction of sp³-hybridized carbons (Fsp3) is 0.190. The predicted molar refractivity (Wildman–Crippen MR) is 96.5 cm³/mol. The lowest BCUT2D eigenvalue weighted by molar-refractivity contribution is -0.124. The molecule has 3 heteroatoms. The van der Waals surface area contributed by atoms with E-state index in [0.29, 0.717) is 0 Å². The van der Waals surface area contributed by atoms with Gasteiger partial charge in [0.15, 0.2) is 6.10 Å². The lowest BCUT2D eigenvalue weighted by Crippen LogP contribution is -2.39. The van der Waals surface area contributed by atoms with E-state index >= 15 is 0 Å². The molecule has 0 aliphatic carbocycles. The number of rotatable bonds is 3. The molecule has 0 saturated carbocycles. The minimum absolute atomic E-state index is 0.00730. The van der Waals surface area contributed by atoms with Gasteiger partial charge >= 0.3 is 0 Å². The Morgan fingerprint density at radius 2 is 1.75 bits per heavy atom. The van der Waals surface area contributed by atoms with Crippen molar-refractivity contribution in [3.63, 3.8) is 0 Å². The molecule has 0 bridgehead atoms. The number of carbonyl (C=O) groups excluding carboxylic acids is 1. The van der Waals surface area contributed by atoms with E-state index in [1.807, 2.05) is 72.5 Å². The summed E-state index contributed by atoms with van der Waals surface area (Å²) in [6.07, 6.45) is 0.380. The van der Waals surface area contributed by atoms with Crippen molar-refractivity contribution >= 4 is 22.4 Å². The van der Waals surface area contributed by atoms with Crippen molar-refractivity contribution in [1.82, 2.24) is 0 Å². The number of hydrogen-bond acceptors (Lipinski definition) is 2. The zero-order valence-electron chi connectivity index (χ0n) is 13.6. The lowest BCUT2D eigenvalue weighted by Gasteiger charge is -2.23. The quantitative estimate of drug-likeness (QED) is 0.724. The second kappa shape index (κ2) is 6.00. The maximum atomic E-state index is 12.8. The van der Waals surface area contributed by atoms with E-state index in [1.54, 1.807) is 0 Å². The van der Waals surface area contributed by atoms with Crippen molar-refractivity contribution in [2.24, 2.45) is 0 Å². The maximum Gasteiger partial charge on any atom is 0.267 e. The van der Waals surface area contributed by atoms with Crippen LogP contribution in [-0.4, -0.2) is 18.6 Å². The Morgan fingerprint density at radius 1 is 1.00 bits per heavy atom. The van der Waals surface area contributed by atoms with Crippen LogP contribution in [0.4, 0.5) is 5.69 Å². The van der Waals surface area contributed by atoms with Crippen LogP contribution in [0.3, 0.4) is 0 Å². The highest BCUT2D eigenvalue weighted by molar-refractivity contribution is 5.98. The molecule has 1 atom stereocenters. The highest BCUT2D eigenvalue weighted by atomic mass is 16.5. The number of ether oxygens (including phenoxy) is 1. The second-order valence-electron chi connectivity index (χ2n) is 6.11. The van der Waals surface area contributed by atoms with Crippen molar-refractivity contribution in [3.8, 4) is 5.75 Å². The van der Waals surface area contributed by atoms with Crippen molar-refractivity contribution in [2.45, 2.75) is 19.4 Å². The standard InChI is InChI=1S/C21H19NO2/c1-15(21(23)22-14-13-17-8-3-5-11-19(17)22)24-20-12-6-9-16-7-2-4-10-18(16)20/h2-12,15H,13-14H2,1H3/t15-/m1/s1. The summed E-state index contributed by atoms with van der Waals surface area (Å²) in [5.74, 6) is 0.759. The average Bonchev–Trinajstić information content (AvgIpc) is 3.05. The molecule has 0 fully saturated rings. The minimum atomic E-state index is -0.526. The average molecular weight is 317 g/mol. The third-order valence-electron chi connectivity index (χ3n) is 4.55. The minimum Gasteiger partial charge on any atom is -0.480 e. The molecule has 120 valence electrons. The Bertz CT molecular complexity index is 898. The van der Waals surface area contributed by atoms with Crippen molar-refractivity contribution in [2.75, 3.05) is 11.4 Å². The SMILES string of the molecule is C[C@@H](Oc1cccc2ccccc12)C(=O)N1CCc2ccccc21. The number of hydrogen-bond donors (Lipinski definition) is 0. The summed E-state index contributed by atoms with van der Waals surface area (Å²) in [5.41, 5.74) is 2.24. The molecule has 4 rings (SSSR count). The number of benzene rings is 3. The molecular weight excluding hydrogens is 298 g/mol. The molecule has 0 N–H and O–H groups in total. The topological polar surface area (TPSA) is 29.5 Å². The van der Waals surface area contributed by atoms with Gasteiger partial charge in [-0.25, -0.2) is 0 Å². The van der Waals surface area contributed by atoms with Gasteiger partial charge in [-0.15, -0.1) is 0 Å². The molecule has 0 unspecified atom stereocenters. The number of carbonyl (C=O) groups is 1. The monoisotopic (exact) mass is 317 g/mol. The van der Waals surface area contributed by atoms with Gasteiger partial charge in [-0.05, 0) is 36.4 Å². The first-order chi connectivity index (χ1) is 11.7. The highest BCUT2D eigenvalue weighted by Gasteiger charge is 2.28. The fourth-order valence-electron chi connectivity index (χ4n) is 3.33. The number of nitrogens with zero attached hydrogens (tertiary/aromatic N) is 1. The van der Waals surface area contributed by atoms with Gasteiger partial charge in [-0.2, -0.15) is 0 Å². The van der Waals surface area contributed by atoms with Gasteiger partial charge in [0.2, 0.25) is 0 Å². The largest absolute Gasteiger partial charge is 0.480 e. The highest BCUT2D eigenvalue weighted by Crippen LogP contribution is 2.30. The van der Waals surface area contributed by atoms with Gasteiger partial charge in [0, 0.05) is 17.6 Å². The Balaban J connectivity index is 1.58. The first-order valence-corrected chi connectivity index (χ1v) is 8.28. The molecule has 1 aliphatic heterocycles. The van der Waals surface area contributed by atoms with Crippen LogP contribution in [0, 0.1) is 0 Å². The summed E-state index contributed by atoms with van der Waals surface area (Å²) in [4.78, 5) is 14.7. The third kappa shape index (κ3) is 2.52. The van der Waals surface area contributed by atoms with Crippen LogP contribution < -0.4 is 9.64 Å². The lowest BCUT2D eigenvalue weighted by atomic mass is 10.1. The molecule has 1 amide bonds. The van der Waals surface area contributed by atoms with Crippen LogP contribution in [0.2, 0.25) is 0 Å². The Hall–Kier alpha value is -2.81. The maximum absolute atomic E-state index is 12.8. The van der Waals surface area contributed by atoms with Crippen molar-refractivity contribution in [1.29, 1.82) is 0 Å². The van der Waals surface area contributed by atoms with Crippen LogP contribution in [0.15, 0.2) is 66.7 Å². The molecule has 0 spiro atoms. The third-order valence-corrected chi connectivity index (χ3v) is 4.55. The zero-order chi connectivity index (χ0) is 16.5. The van der Waals surface area contributed by atoms with Crippen LogP contribution >= 0.6 is 0 Å². The zero-order valence-corrected chi connectivity index (χ0v) is 13.6. The first kappa shape index (κ1) is 14.8. The summed E-state index contributed by atoms with van der Waals surface area (Å²) in [5, 5.41) is 2.14.